The van der Waals surface area contributed by atoms with Crippen LogP contribution in [0, 0.1) is 13.8 Å². The maximum absolute atomic E-state index is 6.10. The highest BCUT2D eigenvalue weighted by molar-refractivity contribution is 5.41. The number of aryl methyl sites for hydroxylation is 3. The highest BCUT2D eigenvalue weighted by Gasteiger charge is 2.18. The average molecular weight is 175 g/mol. The van der Waals surface area contributed by atoms with Gasteiger partial charge in [-0.3, -0.25) is 0 Å². The fourth-order valence-corrected chi connectivity index (χ4v) is 2.46. The highest BCUT2D eigenvalue weighted by atomic mass is 14.6. The van der Waals surface area contributed by atoms with Gasteiger partial charge in [0, 0.05) is 6.04 Å². The average Bonchev–Trinajstić information content (AvgIpc) is 2.02. The Labute approximate surface area is 80.0 Å². The third-order valence-electron chi connectivity index (χ3n) is 2.95. The van der Waals surface area contributed by atoms with Crippen LogP contribution in [0.2, 0.25) is 0 Å². The quantitative estimate of drug-likeness (QED) is 0.644. The molecule has 70 valence electrons. The van der Waals surface area contributed by atoms with E-state index in [1.807, 2.05) is 0 Å². The SMILES string of the molecule is Cc1cc(C)c2c(c1)CCC[C@H]2N. The summed E-state index contributed by atoms with van der Waals surface area (Å²) < 4.78 is 0. The Hall–Kier alpha value is -0.820. The molecule has 0 bridgehead atoms. The van der Waals surface area contributed by atoms with E-state index in [2.05, 4.69) is 26.0 Å². The van der Waals surface area contributed by atoms with Gasteiger partial charge in [0.25, 0.3) is 0 Å². The zero-order valence-corrected chi connectivity index (χ0v) is 8.43. The van der Waals surface area contributed by atoms with Crippen LogP contribution in [-0.2, 0) is 6.42 Å². The zero-order valence-electron chi connectivity index (χ0n) is 8.43. The van der Waals surface area contributed by atoms with Gasteiger partial charge in [-0.05, 0) is 49.8 Å². The predicted octanol–water partition coefficient (Wildman–Crippen LogP) is 2.64. The van der Waals surface area contributed by atoms with Crippen molar-refractivity contribution in [3.63, 3.8) is 0 Å². The zero-order chi connectivity index (χ0) is 9.42. The lowest BCUT2D eigenvalue weighted by molar-refractivity contribution is 0.567. The number of hydrogen-bond acceptors (Lipinski definition) is 1. The number of hydrogen-bond donors (Lipinski definition) is 1. The van der Waals surface area contributed by atoms with E-state index in [1.165, 1.54) is 35.1 Å². The molecule has 0 heterocycles. The van der Waals surface area contributed by atoms with E-state index in [0.717, 1.165) is 6.42 Å². The molecule has 0 aliphatic heterocycles. The minimum Gasteiger partial charge on any atom is -0.324 e. The Kier molecular flexibility index (Phi) is 2.12. The van der Waals surface area contributed by atoms with Crippen molar-refractivity contribution < 1.29 is 0 Å². The second kappa shape index (κ2) is 3.15. The Bertz CT molecular complexity index is 328. The van der Waals surface area contributed by atoms with Crippen molar-refractivity contribution in [2.45, 2.75) is 39.2 Å². The van der Waals surface area contributed by atoms with Crippen molar-refractivity contribution in [2.24, 2.45) is 5.73 Å². The first-order chi connectivity index (χ1) is 6.18. The van der Waals surface area contributed by atoms with Crippen LogP contribution >= 0.6 is 0 Å². The van der Waals surface area contributed by atoms with Crippen molar-refractivity contribution in [1.29, 1.82) is 0 Å². The van der Waals surface area contributed by atoms with Crippen LogP contribution in [0.25, 0.3) is 0 Å². The third kappa shape index (κ3) is 1.49. The normalized spacial score (nSPS) is 21.3. The lowest BCUT2D eigenvalue weighted by Gasteiger charge is -2.24. The van der Waals surface area contributed by atoms with Crippen LogP contribution in [0.5, 0.6) is 0 Å². The van der Waals surface area contributed by atoms with Crippen molar-refractivity contribution in [3.05, 3.63) is 34.4 Å². The lowest BCUT2D eigenvalue weighted by Crippen LogP contribution is -2.18. The molecule has 1 nitrogen and oxygen atoms in total. The molecule has 1 aromatic rings. The summed E-state index contributed by atoms with van der Waals surface area (Å²) in [6.45, 7) is 4.34. The van der Waals surface area contributed by atoms with E-state index in [0.29, 0.717) is 0 Å². The summed E-state index contributed by atoms with van der Waals surface area (Å²) in [7, 11) is 0. The van der Waals surface area contributed by atoms with Gasteiger partial charge in [0.05, 0.1) is 0 Å². The monoisotopic (exact) mass is 175 g/mol. The van der Waals surface area contributed by atoms with Crippen molar-refractivity contribution in [2.75, 3.05) is 0 Å². The van der Waals surface area contributed by atoms with Crippen LogP contribution < -0.4 is 5.73 Å². The van der Waals surface area contributed by atoms with Crippen molar-refractivity contribution in [1.82, 2.24) is 0 Å². The summed E-state index contributed by atoms with van der Waals surface area (Å²) >= 11 is 0. The first-order valence-corrected chi connectivity index (χ1v) is 5.04. The first kappa shape index (κ1) is 8.76. The van der Waals surface area contributed by atoms with Crippen LogP contribution in [0.3, 0.4) is 0 Å². The molecule has 0 spiro atoms. The molecule has 1 aliphatic rings. The van der Waals surface area contributed by atoms with Gasteiger partial charge in [0.2, 0.25) is 0 Å². The summed E-state index contributed by atoms with van der Waals surface area (Å²) in [5, 5.41) is 0. The molecule has 0 fully saturated rings. The molecule has 0 unspecified atom stereocenters. The molecular weight excluding hydrogens is 158 g/mol. The summed E-state index contributed by atoms with van der Waals surface area (Å²) in [4.78, 5) is 0. The smallest absolute Gasteiger partial charge is 0.0300 e. The van der Waals surface area contributed by atoms with Gasteiger partial charge in [-0.15, -0.1) is 0 Å². The van der Waals surface area contributed by atoms with E-state index < -0.39 is 0 Å². The van der Waals surface area contributed by atoms with E-state index in [1.54, 1.807) is 0 Å². The molecule has 1 atom stereocenters. The summed E-state index contributed by atoms with van der Waals surface area (Å²) in [5.74, 6) is 0. The lowest BCUT2D eigenvalue weighted by atomic mass is 9.84. The number of benzene rings is 1. The Morgan fingerprint density at radius 2 is 2.08 bits per heavy atom. The Morgan fingerprint density at radius 3 is 2.85 bits per heavy atom. The molecular formula is C12H17N. The molecule has 0 saturated carbocycles. The van der Waals surface area contributed by atoms with Crippen LogP contribution in [0.4, 0.5) is 0 Å². The molecule has 0 aromatic heterocycles. The minimum atomic E-state index is 0.282. The van der Waals surface area contributed by atoms with Crippen LogP contribution in [0.15, 0.2) is 12.1 Å². The van der Waals surface area contributed by atoms with Crippen molar-refractivity contribution >= 4 is 0 Å². The van der Waals surface area contributed by atoms with E-state index >= 15 is 0 Å². The fourth-order valence-electron chi connectivity index (χ4n) is 2.46. The largest absolute Gasteiger partial charge is 0.324 e. The molecule has 1 heteroatoms. The predicted molar refractivity (Wildman–Crippen MR) is 55.8 cm³/mol. The van der Waals surface area contributed by atoms with Crippen LogP contribution in [0.1, 0.15) is 41.1 Å². The van der Waals surface area contributed by atoms with E-state index in [4.69, 9.17) is 5.73 Å². The highest BCUT2D eigenvalue weighted by Crippen LogP contribution is 2.31. The second-order valence-corrected chi connectivity index (χ2v) is 4.15. The molecule has 1 aromatic carbocycles. The van der Waals surface area contributed by atoms with Gasteiger partial charge in [-0.2, -0.15) is 0 Å². The van der Waals surface area contributed by atoms with Gasteiger partial charge >= 0.3 is 0 Å². The Balaban J connectivity index is 2.56. The molecule has 2 rings (SSSR count). The van der Waals surface area contributed by atoms with Gasteiger partial charge in [0.15, 0.2) is 0 Å². The van der Waals surface area contributed by atoms with Gasteiger partial charge < -0.3 is 5.73 Å². The molecule has 0 radical (unpaired) electrons. The maximum atomic E-state index is 6.10. The van der Waals surface area contributed by atoms with Gasteiger partial charge in [-0.1, -0.05) is 17.7 Å². The standard InChI is InChI=1S/C12H17N/c1-8-6-9(2)12-10(7-8)4-3-5-11(12)13/h6-7,11H,3-5,13H2,1-2H3/t11-/m1/s1. The van der Waals surface area contributed by atoms with Crippen molar-refractivity contribution in [3.8, 4) is 0 Å². The summed E-state index contributed by atoms with van der Waals surface area (Å²) in [5.41, 5.74) is 11.7. The fraction of sp³-hybridized carbons (Fsp3) is 0.500. The summed E-state index contributed by atoms with van der Waals surface area (Å²) in [6.07, 6.45) is 3.61. The molecule has 0 saturated heterocycles. The third-order valence-corrected chi connectivity index (χ3v) is 2.95. The topological polar surface area (TPSA) is 26.0 Å². The number of fused-ring (bicyclic) bond motifs is 1. The Morgan fingerprint density at radius 1 is 1.31 bits per heavy atom. The van der Waals surface area contributed by atoms with Gasteiger partial charge in [-0.25, -0.2) is 0 Å². The number of rotatable bonds is 0. The van der Waals surface area contributed by atoms with E-state index in [-0.39, 0.29) is 6.04 Å². The number of nitrogens with two attached hydrogens (primary N) is 1. The first-order valence-electron chi connectivity index (χ1n) is 5.04. The van der Waals surface area contributed by atoms with Crippen LogP contribution in [-0.4, -0.2) is 0 Å². The molecule has 0 amide bonds. The second-order valence-electron chi connectivity index (χ2n) is 4.15. The van der Waals surface area contributed by atoms with E-state index in [9.17, 15) is 0 Å². The maximum Gasteiger partial charge on any atom is 0.0300 e. The summed E-state index contributed by atoms with van der Waals surface area (Å²) in [6, 6.07) is 4.81. The molecule has 1 aliphatic carbocycles. The molecule has 13 heavy (non-hydrogen) atoms. The van der Waals surface area contributed by atoms with Gasteiger partial charge in [0.1, 0.15) is 0 Å². The molecule has 2 N–H and O–H groups in total. The minimum absolute atomic E-state index is 0.282.